The van der Waals surface area contributed by atoms with Crippen molar-refractivity contribution >= 4 is 17.5 Å². The molecule has 2 nitrogen and oxygen atoms in total. The van der Waals surface area contributed by atoms with Crippen LogP contribution in [-0.2, 0) is 6.42 Å². The Morgan fingerprint density at radius 1 is 1.21 bits per heavy atom. The molecular formula is C16H22ClNO. The van der Waals surface area contributed by atoms with E-state index in [4.69, 9.17) is 11.6 Å². The summed E-state index contributed by atoms with van der Waals surface area (Å²) in [6.45, 7) is 2.11. The van der Waals surface area contributed by atoms with E-state index < -0.39 is 0 Å². The summed E-state index contributed by atoms with van der Waals surface area (Å²) < 4.78 is 0. The van der Waals surface area contributed by atoms with Crippen LogP contribution in [0.25, 0.3) is 0 Å². The van der Waals surface area contributed by atoms with Crippen molar-refractivity contribution < 1.29 is 4.79 Å². The van der Waals surface area contributed by atoms with Crippen molar-refractivity contribution in [1.29, 1.82) is 0 Å². The summed E-state index contributed by atoms with van der Waals surface area (Å²) in [7, 11) is 0. The van der Waals surface area contributed by atoms with Gasteiger partial charge in [0.15, 0.2) is 0 Å². The Hall–Kier alpha value is -1.02. The molecule has 0 aromatic heterocycles. The first-order chi connectivity index (χ1) is 9.19. The summed E-state index contributed by atoms with van der Waals surface area (Å²) >= 11 is 6.10. The number of benzene rings is 1. The van der Waals surface area contributed by atoms with Crippen LogP contribution < -0.4 is 5.32 Å². The molecule has 1 aliphatic carbocycles. The SMILES string of the molecule is CCc1ccc(C(=O)NC2(CCl)CCCCC2)cc1. The van der Waals surface area contributed by atoms with E-state index in [2.05, 4.69) is 12.2 Å². The van der Waals surface area contributed by atoms with Gasteiger partial charge in [0.1, 0.15) is 0 Å². The van der Waals surface area contributed by atoms with Gasteiger partial charge in [0.2, 0.25) is 0 Å². The van der Waals surface area contributed by atoms with Crippen LogP contribution in [0, 0.1) is 0 Å². The molecule has 1 aromatic rings. The molecule has 0 bridgehead atoms. The van der Waals surface area contributed by atoms with Gasteiger partial charge >= 0.3 is 0 Å². The average molecular weight is 280 g/mol. The van der Waals surface area contributed by atoms with E-state index in [0.29, 0.717) is 5.88 Å². The Balaban J connectivity index is 2.06. The molecule has 0 atom stereocenters. The third-order valence-corrected chi connectivity index (χ3v) is 4.58. The maximum atomic E-state index is 12.3. The molecule has 0 radical (unpaired) electrons. The first kappa shape index (κ1) is 14.4. The average Bonchev–Trinajstić information content (AvgIpc) is 2.48. The summed E-state index contributed by atoms with van der Waals surface area (Å²) in [5.74, 6) is 0.511. The summed E-state index contributed by atoms with van der Waals surface area (Å²) in [4.78, 5) is 12.3. The van der Waals surface area contributed by atoms with Gasteiger partial charge in [0.05, 0.1) is 5.54 Å². The second-order valence-corrected chi connectivity index (χ2v) is 5.75. The summed E-state index contributed by atoms with van der Waals surface area (Å²) in [5.41, 5.74) is 1.79. The van der Waals surface area contributed by atoms with Crippen molar-refractivity contribution in [2.24, 2.45) is 0 Å². The monoisotopic (exact) mass is 279 g/mol. The largest absolute Gasteiger partial charge is 0.345 e. The summed E-state index contributed by atoms with van der Waals surface area (Å²) in [5, 5.41) is 3.16. The van der Waals surface area contributed by atoms with Crippen molar-refractivity contribution in [1.82, 2.24) is 5.32 Å². The molecule has 3 heteroatoms. The highest BCUT2D eigenvalue weighted by atomic mass is 35.5. The number of carbonyl (C=O) groups excluding carboxylic acids is 1. The minimum absolute atomic E-state index is 0.00482. The number of nitrogens with one attached hydrogen (secondary N) is 1. The van der Waals surface area contributed by atoms with Crippen LogP contribution in [0.1, 0.15) is 54.9 Å². The van der Waals surface area contributed by atoms with E-state index in [1.165, 1.54) is 12.0 Å². The summed E-state index contributed by atoms with van der Waals surface area (Å²) in [6.07, 6.45) is 6.54. The lowest BCUT2D eigenvalue weighted by Gasteiger charge is -2.36. The Kier molecular flexibility index (Phi) is 4.87. The van der Waals surface area contributed by atoms with Gasteiger partial charge in [-0.25, -0.2) is 0 Å². The van der Waals surface area contributed by atoms with Crippen LogP contribution in [0.5, 0.6) is 0 Å². The van der Waals surface area contributed by atoms with Crippen molar-refractivity contribution in [2.75, 3.05) is 5.88 Å². The van der Waals surface area contributed by atoms with Gasteiger partial charge in [0, 0.05) is 11.4 Å². The molecule has 1 saturated carbocycles. The van der Waals surface area contributed by atoms with Crippen LogP contribution in [0.15, 0.2) is 24.3 Å². The quantitative estimate of drug-likeness (QED) is 0.832. The molecule has 0 saturated heterocycles. The molecule has 19 heavy (non-hydrogen) atoms. The topological polar surface area (TPSA) is 29.1 Å². The molecule has 0 aliphatic heterocycles. The standard InChI is InChI=1S/C16H22ClNO/c1-2-13-6-8-14(9-7-13)15(19)18-16(12-17)10-4-3-5-11-16/h6-9H,2-5,10-12H2,1H3,(H,18,19). The van der Waals surface area contributed by atoms with Crippen LogP contribution in [0.4, 0.5) is 0 Å². The van der Waals surface area contributed by atoms with Gasteiger partial charge in [0.25, 0.3) is 5.91 Å². The fourth-order valence-electron chi connectivity index (χ4n) is 2.73. The Bertz CT molecular complexity index is 421. The van der Waals surface area contributed by atoms with Gasteiger partial charge in [-0.3, -0.25) is 4.79 Å². The molecule has 1 N–H and O–H groups in total. The molecule has 0 heterocycles. The number of hydrogen-bond donors (Lipinski definition) is 1. The normalized spacial score (nSPS) is 18.0. The van der Waals surface area contributed by atoms with Gasteiger partial charge in [-0.2, -0.15) is 0 Å². The fraction of sp³-hybridized carbons (Fsp3) is 0.562. The first-order valence-corrected chi connectivity index (χ1v) is 7.70. The zero-order valence-corrected chi connectivity index (χ0v) is 12.3. The molecule has 1 amide bonds. The predicted octanol–water partition coefficient (Wildman–Crippen LogP) is 3.92. The lowest BCUT2D eigenvalue weighted by Crippen LogP contribution is -2.51. The van der Waals surface area contributed by atoms with Crippen molar-refractivity contribution in [3.63, 3.8) is 0 Å². The van der Waals surface area contributed by atoms with E-state index in [1.54, 1.807) is 0 Å². The molecule has 0 spiro atoms. The van der Waals surface area contributed by atoms with Crippen molar-refractivity contribution in [3.05, 3.63) is 35.4 Å². The van der Waals surface area contributed by atoms with E-state index in [1.807, 2.05) is 24.3 Å². The number of carbonyl (C=O) groups is 1. The van der Waals surface area contributed by atoms with Crippen LogP contribution >= 0.6 is 11.6 Å². The Morgan fingerprint density at radius 2 is 1.84 bits per heavy atom. The van der Waals surface area contributed by atoms with Crippen molar-refractivity contribution in [3.8, 4) is 0 Å². The molecular weight excluding hydrogens is 258 g/mol. The van der Waals surface area contributed by atoms with E-state index in [0.717, 1.165) is 37.7 Å². The summed E-state index contributed by atoms with van der Waals surface area (Å²) in [6, 6.07) is 7.84. The number of amides is 1. The smallest absolute Gasteiger partial charge is 0.251 e. The van der Waals surface area contributed by atoms with Crippen molar-refractivity contribution in [2.45, 2.75) is 51.0 Å². The van der Waals surface area contributed by atoms with Gasteiger partial charge < -0.3 is 5.32 Å². The van der Waals surface area contributed by atoms with Crippen LogP contribution in [-0.4, -0.2) is 17.3 Å². The predicted molar refractivity (Wildman–Crippen MR) is 79.8 cm³/mol. The molecule has 1 aromatic carbocycles. The van der Waals surface area contributed by atoms with Gasteiger partial charge in [-0.1, -0.05) is 38.3 Å². The van der Waals surface area contributed by atoms with Crippen LogP contribution in [0.3, 0.4) is 0 Å². The highest BCUT2D eigenvalue weighted by Gasteiger charge is 2.32. The zero-order chi connectivity index (χ0) is 13.7. The lowest BCUT2D eigenvalue weighted by atomic mass is 9.83. The lowest BCUT2D eigenvalue weighted by molar-refractivity contribution is 0.0885. The number of hydrogen-bond acceptors (Lipinski definition) is 1. The highest BCUT2D eigenvalue weighted by Crippen LogP contribution is 2.29. The minimum Gasteiger partial charge on any atom is -0.345 e. The third kappa shape index (κ3) is 3.50. The van der Waals surface area contributed by atoms with E-state index in [-0.39, 0.29) is 11.4 Å². The third-order valence-electron chi connectivity index (χ3n) is 4.07. The second-order valence-electron chi connectivity index (χ2n) is 5.48. The van der Waals surface area contributed by atoms with Gasteiger partial charge in [-0.15, -0.1) is 11.6 Å². The number of rotatable bonds is 4. The number of halogens is 1. The van der Waals surface area contributed by atoms with E-state index >= 15 is 0 Å². The fourth-order valence-corrected chi connectivity index (χ4v) is 3.06. The first-order valence-electron chi connectivity index (χ1n) is 7.16. The maximum absolute atomic E-state index is 12.3. The Labute approximate surface area is 120 Å². The highest BCUT2D eigenvalue weighted by molar-refractivity contribution is 6.19. The number of alkyl halides is 1. The molecule has 2 rings (SSSR count). The zero-order valence-electron chi connectivity index (χ0n) is 11.5. The molecule has 104 valence electrons. The molecule has 1 fully saturated rings. The van der Waals surface area contributed by atoms with Gasteiger partial charge in [-0.05, 0) is 37.0 Å². The second kappa shape index (κ2) is 6.42. The molecule has 1 aliphatic rings. The Morgan fingerprint density at radius 3 is 2.37 bits per heavy atom. The maximum Gasteiger partial charge on any atom is 0.251 e. The molecule has 0 unspecified atom stereocenters. The minimum atomic E-state index is -0.194. The number of aryl methyl sites for hydroxylation is 1. The van der Waals surface area contributed by atoms with Crippen LogP contribution in [0.2, 0.25) is 0 Å². The van der Waals surface area contributed by atoms with E-state index in [9.17, 15) is 4.79 Å².